The van der Waals surface area contributed by atoms with Crippen molar-refractivity contribution in [1.29, 1.82) is 0 Å². The van der Waals surface area contributed by atoms with E-state index in [1.54, 1.807) is 37.4 Å². The summed E-state index contributed by atoms with van der Waals surface area (Å²) in [5, 5.41) is 3.48. The molecule has 152 valence electrons. The van der Waals surface area contributed by atoms with E-state index < -0.39 is 11.6 Å². The quantitative estimate of drug-likeness (QED) is 0.596. The maximum atomic E-state index is 15.4. The number of carbonyl (C=O) groups excluding carboxylic acids is 2. The van der Waals surface area contributed by atoms with Crippen LogP contribution >= 0.6 is 11.6 Å². The number of hydrogen-bond donors (Lipinski definition) is 1. The summed E-state index contributed by atoms with van der Waals surface area (Å²) in [5.41, 5.74) is 0.159. The van der Waals surface area contributed by atoms with Crippen LogP contribution < -0.4 is 5.32 Å². The van der Waals surface area contributed by atoms with Gasteiger partial charge in [-0.25, -0.2) is 4.39 Å². The van der Waals surface area contributed by atoms with Gasteiger partial charge in [0.15, 0.2) is 5.78 Å². The second-order valence-electron chi connectivity index (χ2n) is 7.46. The number of nitrogens with zero attached hydrogens (tertiary/aromatic N) is 1. The third-order valence-electron chi connectivity index (χ3n) is 5.83. The van der Waals surface area contributed by atoms with Crippen LogP contribution in [-0.2, 0) is 4.79 Å². The van der Waals surface area contributed by atoms with Gasteiger partial charge in [-0.2, -0.15) is 0 Å². The number of benzene rings is 1. The molecule has 0 unspecified atom stereocenters. The van der Waals surface area contributed by atoms with Gasteiger partial charge in [0.2, 0.25) is 0 Å². The number of hydrogen-bond acceptors (Lipinski definition) is 4. The van der Waals surface area contributed by atoms with E-state index in [-0.39, 0.29) is 42.3 Å². The van der Waals surface area contributed by atoms with E-state index in [1.807, 2.05) is 13.8 Å². The molecule has 1 heterocycles. The summed E-state index contributed by atoms with van der Waals surface area (Å²) < 4.78 is 15.4. The molecule has 0 spiro atoms. The van der Waals surface area contributed by atoms with E-state index in [9.17, 15) is 9.59 Å². The topological polar surface area (TPSA) is 59.1 Å². The fraction of sp³-hybridized carbons (Fsp3) is 0.409. The molecule has 1 aromatic heterocycles. The van der Waals surface area contributed by atoms with Gasteiger partial charge in [-0.1, -0.05) is 24.6 Å². The van der Waals surface area contributed by atoms with E-state index >= 15 is 4.39 Å². The molecule has 28 heavy (non-hydrogen) atoms. The zero-order valence-electron chi connectivity index (χ0n) is 16.3. The zero-order valence-corrected chi connectivity index (χ0v) is 17.0. The summed E-state index contributed by atoms with van der Waals surface area (Å²) in [4.78, 5) is 28.7. The SMILES string of the molecule is CC[C@@H](N[C@@H](C)C1(C(C)=O)CC1)c1ccc(Cl)c(C(=O)c2cccnc2)c1F.[HH].[HH]. The Bertz CT molecular complexity index is 908. The van der Waals surface area contributed by atoms with Gasteiger partial charge in [0.05, 0.1) is 10.6 Å². The number of rotatable bonds is 8. The minimum absolute atomic E-state index is 0. The molecule has 0 amide bonds. The van der Waals surface area contributed by atoms with Crippen molar-refractivity contribution >= 4 is 23.2 Å². The summed E-state index contributed by atoms with van der Waals surface area (Å²) in [6.07, 6.45) is 5.25. The van der Waals surface area contributed by atoms with Crippen molar-refractivity contribution in [2.45, 2.75) is 52.1 Å². The van der Waals surface area contributed by atoms with Crippen molar-refractivity contribution < 1.29 is 16.8 Å². The lowest BCUT2D eigenvalue weighted by molar-refractivity contribution is -0.123. The van der Waals surface area contributed by atoms with Crippen LogP contribution in [-0.4, -0.2) is 22.6 Å². The summed E-state index contributed by atoms with van der Waals surface area (Å²) in [6, 6.07) is 5.96. The molecule has 0 aliphatic heterocycles. The Morgan fingerprint density at radius 1 is 1.36 bits per heavy atom. The highest BCUT2D eigenvalue weighted by molar-refractivity contribution is 6.35. The van der Waals surface area contributed by atoms with E-state index in [0.29, 0.717) is 12.0 Å². The second kappa shape index (κ2) is 8.10. The molecule has 3 rings (SSSR count). The first-order valence-corrected chi connectivity index (χ1v) is 9.89. The molecule has 4 nitrogen and oxygen atoms in total. The van der Waals surface area contributed by atoms with Crippen LogP contribution in [0, 0.1) is 11.2 Å². The maximum absolute atomic E-state index is 15.4. The molecule has 0 saturated heterocycles. The highest BCUT2D eigenvalue weighted by Crippen LogP contribution is 2.50. The fourth-order valence-electron chi connectivity index (χ4n) is 3.80. The van der Waals surface area contributed by atoms with Crippen molar-refractivity contribution in [3.05, 3.63) is 64.2 Å². The molecule has 1 aliphatic carbocycles. The summed E-state index contributed by atoms with van der Waals surface area (Å²) in [6.45, 7) is 5.51. The number of nitrogens with one attached hydrogen (secondary N) is 1. The van der Waals surface area contributed by atoms with Gasteiger partial charge in [0, 0.05) is 43.9 Å². The Morgan fingerprint density at radius 2 is 2.07 bits per heavy atom. The minimum atomic E-state index is -0.624. The lowest BCUT2D eigenvalue weighted by atomic mass is 9.91. The first-order chi connectivity index (χ1) is 13.3. The molecule has 1 fully saturated rings. The molecule has 0 bridgehead atoms. The third-order valence-corrected chi connectivity index (χ3v) is 6.14. The predicted molar refractivity (Wildman–Crippen MR) is 111 cm³/mol. The van der Waals surface area contributed by atoms with Crippen molar-refractivity contribution in [2.75, 3.05) is 0 Å². The molecule has 0 radical (unpaired) electrons. The number of aromatic nitrogens is 1. The summed E-state index contributed by atoms with van der Waals surface area (Å²) in [5.74, 6) is -0.963. The van der Waals surface area contributed by atoms with Crippen LogP contribution in [0.15, 0.2) is 36.7 Å². The Morgan fingerprint density at radius 3 is 2.61 bits per heavy atom. The first kappa shape index (κ1) is 20.6. The van der Waals surface area contributed by atoms with E-state index in [0.717, 1.165) is 12.8 Å². The van der Waals surface area contributed by atoms with Gasteiger partial charge in [0.1, 0.15) is 11.6 Å². The van der Waals surface area contributed by atoms with Crippen LogP contribution in [0.2, 0.25) is 5.02 Å². The second-order valence-corrected chi connectivity index (χ2v) is 7.87. The molecular formula is C22H28ClFN2O2. The molecule has 2 aromatic rings. The number of ketones is 2. The Kier molecular flexibility index (Phi) is 5.96. The van der Waals surface area contributed by atoms with E-state index in [4.69, 9.17) is 11.6 Å². The van der Waals surface area contributed by atoms with Crippen molar-refractivity contribution in [1.82, 2.24) is 10.3 Å². The van der Waals surface area contributed by atoms with Crippen LogP contribution in [0.5, 0.6) is 0 Å². The van der Waals surface area contributed by atoms with Crippen LogP contribution in [0.1, 0.15) is 70.4 Å². The number of halogens is 2. The van der Waals surface area contributed by atoms with Gasteiger partial charge in [-0.3, -0.25) is 14.6 Å². The lowest BCUT2D eigenvalue weighted by Gasteiger charge is -2.28. The lowest BCUT2D eigenvalue weighted by Crippen LogP contribution is -2.41. The van der Waals surface area contributed by atoms with Crippen molar-refractivity contribution in [3.8, 4) is 0 Å². The molecule has 1 N–H and O–H groups in total. The molecule has 1 saturated carbocycles. The Hall–Kier alpha value is -2.11. The molecule has 2 atom stereocenters. The largest absolute Gasteiger partial charge is 0.306 e. The average Bonchev–Trinajstić information content (AvgIpc) is 3.49. The third kappa shape index (κ3) is 3.74. The van der Waals surface area contributed by atoms with Crippen molar-refractivity contribution in [3.63, 3.8) is 0 Å². The summed E-state index contributed by atoms with van der Waals surface area (Å²) in [7, 11) is 0. The monoisotopic (exact) mass is 406 g/mol. The van der Waals surface area contributed by atoms with Gasteiger partial charge >= 0.3 is 0 Å². The predicted octanol–water partition coefficient (Wildman–Crippen LogP) is 5.40. The average molecular weight is 407 g/mol. The Labute approximate surface area is 172 Å². The Balaban J connectivity index is 0.00000225. The van der Waals surface area contributed by atoms with Gasteiger partial charge in [-0.15, -0.1) is 0 Å². The number of pyridine rings is 1. The normalized spacial score (nSPS) is 17.0. The molecule has 1 aromatic carbocycles. The van der Waals surface area contributed by atoms with Crippen LogP contribution in [0.3, 0.4) is 0 Å². The fourth-order valence-corrected chi connectivity index (χ4v) is 4.03. The van der Waals surface area contributed by atoms with E-state index in [1.165, 1.54) is 6.20 Å². The standard InChI is InChI=1S/C22H24ClFN2O2.2H2/c1-4-18(26-13(2)22(9-10-22)14(3)27)16-7-8-17(23)19(20(16)24)21(28)15-6-5-11-25-12-15;;/h5-8,11-13,18,26H,4,9-10H2,1-3H3;2*1H/t13-,18+;;/m0../s1. The highest BCUT2D eigenvalue weighted by atomic mass is 35.5. The molecule has 6 heteroatoms. The molecular weight excluding hydrogens is 379 g/mol. The van der Waals surface area contributed by atoms with Gasteiger partial charge in [-0.05, 0) is 51.3 Å². The zero-order chi connectivity index (χ0) is 20.5. The van der Waals surface area contributed by atoms with Crippen LogP contribution in [0.4, 0.5) is 4.39 Å². The van der Waals surface area contributed by atoms with E-state index in [2.05, 4.69) is 10.3 Å². The number of Topliss-reactive ketones (excluding diaryl/α,β-unsaturated/α-hetero) is 1. The van der Waals surface area contributed by atoms with Gasteiger partial charge in [0.25, 0.3) is 0 Å². The van der Waals surface area contributed by atoms with Crippen molar-refractivity contribution in [2.24, 2.45) is 5.41 Å². The smallest absolute Gasteiger partial charge is 0.199 e. The summed E-state index contributed by atoms with van der Waals surface area (Å²) >= 11 is 6.18. The highest BCUT2D eigenvalue weighted by Gasteiger charge is 2.51. The van der Waals surface area contributed by atoms with Gasteiger partial charge < -0.3 is 5.32 Å². The maximum Gasteiger partial charge on any atom is 0.199 e. The number of carbonyl (C=O) groups is 2. The minimum Gasteiger partial charge on any atom is -0.306 e. The first-order valence-electron chi connectivity index (χ1n) is 9.51. The molecule has 1 aliphatic rings. The van der Waals surface area contributed by atoms with Crippen LogP contribution in [0.25, 0.3) is 0 Å².